The summed E-state index contributed by atoms with van der Waals surface area (Å²) >= 11 is 0. The molecule has 11 heavy (non-hydrogen) atoms. The van der Waals surface area contributed by atoms with E-state index in [2.05, 4.69) is 0 Å². The predicted molar refractivity (Wildman–Crippen MR) is 36.2 cm³/mol. The number of carbonyl (C=O) groups excluding carboxylic acids is 3. The second kappa shape index (κ2) is 3.55. The first-order valence-corrected chi connectivity index (χ1v) is 2.79. The highest BCUT2D eigenvalue weighted by molar-refractivity contribution is 6.02. The van der Waals surface area contributed by atoms with Crippen molar-refractivity contribution < 1.29 is 14.4 Å². The van der Waals surface area contributed by atoms with Gasteiger partial charge in [-0.2, -0.15) is 0 Å². The summed E-state index contributed by atoms with van der Waals surface area (Å²) in [6.07, 6.45) is -0.501. The van der Waals surface area contributed by atoms with Crippen molar-refractivity contribution >= 4 is 17.8 Å². The van der Waals surface area contributed by atoms with Crippen LogP contribution in [-0.4, -0.2) is 29.8 Å². The molecule has 0 atom stereocenters. The maximum atomic E-state index is 10.7. The molecule has 0 aromatic carbocycles. The summed E-state index contributed by atoms with van der Waals surface area (Å²) in [6, 6.07) is -0.906. The molecule has 0 unspecified atom stereocenters. The Bertz CT molecular complexity index is 201. The number of nitrogens with two attached hydrogens (primary N) is 2. The summed E-state index contributed by atoms with van der Waals surface area (Å²) in [5.41, 5.74) is 9.42. The first-order valence-electron chi connectivity index (χ1n) is 2.79. The number of carbonyl (C=O) groups is 3. The number of urea groups is 1. The van der Waals surface area contributed by atoms with Gasteiger partial charge in [0.15, 0.2) is 0 Å². The average Bonchev–Trinajstić information content (AvgIpc) is 1.84. The lowest BCUT2D eigenvalue weighted by molar-refractivity contribution is -0.131. The molecule has 0 fully saturated rings. The number of hydrogen-bond donors (Lipinski definition) is 2. The number of hydrogen-bond acceptors (Lipinski definition) is 3. The molecule has 0 bridgehead atoms. The van der Waals surface area contributed by atoms with Crippen molar-refractivity contribution in [3.05, 3.63) is 0 Å². The van der Waals surface area contributed by atoms with Crippen LogP contribution in [-0.2, 0) is 9.59 Å². The van der Waals surface area contributed by atoms with E-state index in [0.29, 0.717) is 4.90 Å². The van der Waals surface area contributed by atoms with Crippen molar-refractivity contribution in [3.8, 4) is 0 Å². The Kier molecular flexibility index (Phi) is 3.03. The zero-order valence-electron chi connectivity index (χ0n) is 6.03. The van der Waals surface area contributed by atoms with Crippen molar-refractivity contribution in [1.29, 1.82) is 0 Å². The third kappa shape index (κ3) is 3.19. The van der Waals surface area contributed by atoms with Gasteiger partial charge in [0.1, 0.15) is 6.42 Å². The van der Waals surface area contributed by atoms with Crippen LogP contribution in [0.15, 0.2) is 0 Å². The van der Waals surface area contributed by atoms with E-state index in [-0.39, 0.29) is 0 Å². The second-order valence-corrected chi connectivity index (χ2v) is 1.93. The molecule has 0 saturated heterocycles. The minimum atomic E-state index is -0.906. The molecule has 6 nitrogen and oxygen atoms in total. The lowest BCUT2D eigenvalue weighted by Crippen LogP contribution is -2.39. The first-order chi connectivity index (χ1) is 4.95. The van der Waals surface area contributed by atoms with Gasteiger partial charge in [-0.15, -0.1) is 0 Å². The molecule has 0 aromatic rings. The Hall–Kier alpha value is -1.59. The highest BCUT2D eigenvalue weighted by atomic mass is 16.2. The van der Waals surface area contributed by atoms with Crippen molar-refractivity contribution in [2.45, 2.75) is 6.42 Å². The quantitative estimate of drug-likeness (QED) is 0.473. The highest BCUT2D eigenvalue weighted by Gasteiger charge is 2.14. The van der Waals surface area contributed by atoms with Crippen LogP contribution in [0.2, 0.25) is 0 Å². The van der Waals surface area contributed by atoms with Gasteiger partial charge >= 0.3 is 6.03 Å². The van der Waals surface area contributed by atoms with Gasteiger partial charge in [0.25, 0.3) is 0 Å². The molecule has 4 amide bonds. The van der Waals surface area contributed by atoms with Crippen LogP contribution in [0.3, 0.4) is 0 Å². The van der Waals surface area contributed by atoms with Crippen LogP contribution >= 0.6 is 0 Å². The van der Waals surface area contributed by atoms with E-state index >= 15 is 0 Å². The molecule has 6 heteroatoms. The molecule has 0 aromatic heterocycles. The normalized spacial score (nSPS) is 8.82. The van der Waals surface area contributed by atoms with E-state index < -0.39 is 24.3 Å². The van der Waals surface area contributed by atoms with Gasteiger partial charge in [0.2, 0.25) is 11.8 Å². The van der Waals surface area contributed by atoms with Crippen LogP contribution in [0, 0.1) is 0 Å². The summed E-state index contributed by atoms with van der Waals surface area (Å²) in [5.74, 6) is -1.49. The van der Waals surface area contributed by atoms with Gasteiger partial charge in [0.05, 0.1) is 0 Å². The molecule has 62 valence electrons. The summed E-state index contributed by atoms with van der Waals surface area (Å²) < 4.78 is 0. The van der Waals surface area contributed by atoms with E-state index in [0.717, 1.165) is 0 Å². The van der Waals surface area contributed by atoms with Crippen molar-refractivity contribution in [3.63, 3.8) is 0 Å². The second-order valence-electron chi connectivity index (χ2n) is 1.93. The lowest BCUT2D eigenvalue weighted by Gasteiger charge is -2.09. The fourth-order valence-corrected chi connectivity index (χ4v) is 0.391. The maximum Gasteiger partial charge on any atom is 0.321 e. The Morgan fingerprint density at radius 1 is 1.27 bits per heavy atom. The van der Waals surface area contributed by atoms with Gasteiger partial charge in [0, 0.05) is 7.05 Å². The number of amides is 4. The van der Waals surface area contributed by atoms with Crippen LogP contribution in [0.25, 0.3) is 0 Å². The molecular weight excluding hydrogens is 150 g/mol. The molecule has 0 aliphatic heterocycles. The Morgan fingerprint density at radius 3 is 2.00 bits per heavy atom. The Labute approximate surface area is 63.1 Å². The molecule has 0 heterocycles. The molecule has 0 saturated carbocycles. The zero-order chi connectivity index (χ0) is 9.02. The summed E-state index contributed by atoms with van der Waals surface area (Å²) in [5, 5.41) is 0. The van der Waals surface area contributed by atoms with Gasteiger partial charge in [-0.1, -0.05) is 0 Å². The Balaban J connectivity index is 4.04. The first kappa shape index (κ1) is 9.41. The van der Waals surface area contributed by atoms with Gasteiger partial charge < -0.3 is 11.5 Å². The van der Waals surface area contributed by atoms with Crippen LogP contribution in [0.4, 0.5) is 4.79 Å². The van der Waals surface area contributed by atoms with Gasteiger partial charge in [-0.05, 0) is 0 Å². The zero-order valence-corrected chi connectivity index (χ0v) is 6.03. The van der Waals surface area contributed by atoms with Crippen LogP contribution in [0.5, 0.6) is 0 Å². The third-order valence-electron chi connectivity index (χ3n) is 1.03. The van der Waals surface area contributed by atoms with E-state index in [9.17, 15) is 14.4 Å². The molecule has 0 rings (SSSR count). The SMILES string of the molecule is CN(C(N)=O)C(=O)CC(N)=O. The van der Waals surface area contributed by atoms with Crippen molar-refractivity contribution in [1.82, 2.24) is 4.90 Å². The van der Waals surface area contributed by atoms with Gasteiger partial charge in [-0.25, -0.2) is 4.79 Å². The maximum absolute atomic E-state index is 10.7. The monoisotopic (exact) mass is 159 g/mol. The average molecular weight is 159 g/mol. The number of primary amides is 2. The summed E-state index contributed by atoms with van der Waals surface area (Å²) in [6.45, 7) is 0. The third-order valence-corrected chi connectivity index (χ3v) is 1.03. The lowest BCUT2D eigenvalue weighted by atomic mass is 10.4. The van der Waals surface area contributed by atoms with E-state index in [1.54, 1.807) is 0 Å². The fraction of sp³-hybridized carbons (Fsp3) is 0.400. The topological polar surface area (TPSA) is 106 Å². The molecular formula is C5H9N3O3. The molecule has 4 N–H and O–H groups in total. The van der Waals surface area contributed by atoms with E-state index in [1.165, 1.54) is 7.05 Å². The van der Waals surface area contributed by atoms with E-state index in [4.69, 9.17) is 11.5 Å². The number of imide groups is 1. The number of nitrogens with zero attached hydrogens (tertiary/aromatic N) is 1. The largest absolute Gasteiger partial charge is 0.369 e. The van der Waals surface area contributed by atoms with Gasteiger partial charge in [-0.3, -0.25) is 14.5 Å². The van der Waals surface area contributed by atoms with Crippen molar-refractivity contribution in [2.75, 3.05) is 7.05 Å². The Morgan fingerprint density at radius 2 is 1.73 bits per heavy atom. The predicted octanol–water partition coefficient (Wildman–Crippen LogP) is -1.60. The standard InChI is InChI=1S/C5H9N3O3/c1-8(5(7)11)4(10)2-3(6)9/h2H2,1H3,(H2,6,9)(H2,7,11). The minimum Gasteiger partial charge on any atom is -0.369 e. The molecule has 0 aliphatic rings. The smallest absolute Gasteiger partial charge is 0.321 e. The van der Waals surface area contributed by atoms with Crippen LogP contribution < -0.4 is 11.5 Å². The van der Waals surface area contributed by atoms with E-state index in [1.807, 2.05) is 0 Å². The summed E-state index contributed by atoms with van der Waals surface area (Å²) in [4.78, 5) is 31.8. The summed E-state index contributed by atoms with van der Waals surface area (Å²) in [7, 11) is 1.17. The highest BCUT2D eigenvalue weighted by Crippen LogP contribution is 1.88. The van der Waals surface area contributed by atoms with Crippen LogP contribution in [0.1, 0.15) is 6.42 Å². The molecule has 0 spiro atoms. The van der Waals surface area contributed by atoms with Crippen molar-refractivity contribution in [2.24, 2.45) is 11.5 Å². The molecule has 0 aliphatic carbocycles. The molecule has 0 radical (unpaired) electrons. The minimum absolute atomic E-state index is 0.501. The number of rotatable bonds is 2. The fourth-order valence-electron chi connectivity index (χ4n) is 0.391.